The molecule has 2 atom stereocenters. The molecular formula is C25H20Cl2N2O. The number of anilines is 2. The molecule has 0 unspecified atom stereocenters. The summed E-state index contributed by atoms with van der Waals surface area (Å²) in [4.78, 5) is 13.5. The van der Waals surface area contributed by atoms with E-state index in [9.17, 15) is 4.79 Å². The van der Waals surface area contributed by atoms with Gasteiger partial charge in [0.15, 0.2) is 5.78 Å². The molecule has 1 aliphatic carbocycles. The summed E-state index contributed by atoms with van der Waals surface area (Å²) in [5.41, 5.74) is 5.67. The van der Waals surface area contributed by atoms with Gasteiger partial charge in [0, 0.05) is 27.7 Å². The van der Waals surface area contributed by atoms with Crippen LogP contribution in [0.25, 0.3) is 0 Å². The maximum absolute atomic E-state index is 13.5. The molecule has 0 bridgehead atoms. The average molecular weight is 435 g/mol. The van der Waals surface area contributed by atoms with Gasteiger partial charge in [0.2, 0.25) is 0 Å². The minimum absolute atomic E-state index is 0.109. The predicted octanol–water partition coefficient (Wildman–Crippen LogP) is 6.97. The van der Waals surface area contributed by atoms with Crippen LogP contribution in [0.1, 0.15) is 35.9 Å². The maximum atomic E-state index is 13.5. The van der Waals surface area contributed by atoms with E-state index >= 15 is 0 Å². The Balaban J connectivity index is 1.62. The minimum Gasteiger partial charge on any atom is -0.372 e. The van der Waals surface area contributed by atoms with Crippen LogP contribution in [0, 0.1) is 0 Å². The number of benzene rings is 3. The molecule has 0 fully saturated rings. The number of fused-ring (bicyclic) bond motifs is 1. The number of carbonyl (C=O) groups is 1. The summed E-state index contributed by atoms with van der Waals surface area (Å²) in [5, 5.41) is 8.46. The van der Waals surface area contributed by atoms with Gasteiger partial charge in [-0.2, -0.15) is 0 Å². The number of rotatable bonds is 2. The van der Waals surface area contributed by atoms with Gasteiger partial charge in [0.1, 0.15) is 0 Å². The van der Waals surface area contributed by atoms with E-state index in [0.29, 0.717) is 16.5 Å². The Kier molecular flexibility index (Phi) is 5.01. The van der Waals surface area contributed by atoms with Crippen LogP contribution in [-0.4, -0.2) is 5.78 Å². The van der Waals surface area contributed by atoms with Gasteiger partial charge >= 0.3 is 0 Å². The normalized spacial score (nSPS) is 20.5. The molecule has 0 amide bonds. The number of Topliss-reactive ketones (excluding diaryl/α,β-unsaturated/α-hetero) is 1. The van der Waals surface area contributed by atoms with E-state index in [4.69, 9.17) is 23.2 Å². The molecule has 1 heterocycles. The lowest BCUT2D eigenvalue weighted by Gasteiger charge is -2.30. The molecule has 30 heavy (non-hydrogen) atoms. The van der Waals surface area contributed by atoms with E-state index in [-0.39, 0.29) is 17.7 Å². The Hall–Kier alpha value is -2.75. The monoisotopic (exact) mass is 434 g/mol. The number of halogens is 2. The van der Waals surface area contributed by atoms with Crippen molar-refractivity contribution in [2.75, 3.05) is 10.6 Å². The highest BCUT2D eigenvalue weighted by Gasteiger charge is 2.36. The molecule has 3 aromatic carbocycles. The Morgan fingerprint density at radius 2 is 1.50 bits per heavy atom. The number of ketones is 1. The average Bonchev–Trinajstić information content (AvgIpc) is 2.91. The highest BCUT2D eigenvalue weighted by atomic mass is 35.5. The van der Waals surface area contributed by atoms with Crippen molar-refractivity contribution in [3.8, 4) is 0 Å². The summed E-state index contributed by atoms with van der Waals surface area (Å²) in [7, 11) is 0. The minimum atomic E-state index is -0.302. The molecule has 0 spiro atoms. The van der Waals surface area contributed by atoms with Gasteiger partial charge in [-0.1, -0.05) is 65.7 Å². The van der Waals surface area contributed by atoms with Gasteiger partial charge in [0.05, 0.1) is 17.4 Å². The molecule has 5 heteroatoms. The van der Waals surface area contributed by atoms with Crippen molar-refractivity contribution >= 4 is 40.4 Å². The molecule has 2 N–H and O–H groups in total. The fourth-order valence-corrected chi connectivity index (χ4v) is 4.78. The van der Waals surface area contributed by atoms with E-state index in [1.54, 1.807) is 0 Å². The fourth-order valence-electron chi connectivity index (χ4n) is 4.41. The predicted molar refractivity (Wildman–Crippen MR) is 123 cm³/mol. The quantitative estimate of drug-likeness (QED) is 0.457. The van der Waals surface area contributed by atoms with Crippen molar-refractivity contribution in [1.82, 2.24) is 0 Å². The molecule has 0 saturated carbocycles. The first kappa shape index (κ1) is 19.2. The second kappa shape index (κ2) is 7.82. The molecule has 2 aliphatic rings. The SMILES string of the molecule is O=C1C[C@H](c2ccc(Cl)cc2)CC2=C1[C@H](c1ccccc1Cl)Nc1ccccc1N2. The van der Waals surface area contributed by atoms with Crippen LogP contribution in [-0.2, 0) is 4.79 Å². The lowest BCUT2D eigenvalue weighted by molar-refractivity contribution is -0.116. The molecule has 0 aromatic heterocycles. The van der Waals surface area contributed by atoms with E-state index in [1.165, 1.54) is 0 Å². The highest BCUT2D eigenvalue weighted by Crippen LogP contribution is 2.45. The third-order valence-corrected chi connectivity index (χ3v) is 6.46. The number of hydrogen-bond acceptors (Lipinski definition) is 3. The third-order valence-electron chi connectivity index (χ3n) is 5.87. The molecule has 5 rings (SSSR count). The molecule has 3 nitrogen and oxygen atoms in total. The first-order chi connectivity index (χ1) is 14.6. The van der Waals surface area contributed by atoms with Gasteiger partial charge in [0.25, 0.3) is 0 Å². The van der Waals surface area contributed by atoms with Crippen molar-refractivity contribution in [3.63, 3.8) is 0 Å². The van der Waals surface area contributed by atoms with Crippen molar-refractivity contribution < 1.29 is 4.79 Å². The number of para-hydroxylation sites is 2. The van der Waals surface area contributed by atoms with Crippen LogP contribution in [0.4, 0.5) is 11.4 Å². The Morgan fingerprint density at radius 3 is 2.27 bits per heavy atom. The lowest BCUT2D eigenvalue weighted by Crippen LogP contribution is -2.27. The Bertz CT molecular complexity index is 1150. The summed E-state index contributed by atoms with van der Waals surface area (Å²) in [6, 6.07) is 23.2. The summed E-state index contributed by atoms with van der Waals surface area (Å²) in [5.74, 6) is 0.243. The van der Waals surface area contributed by atoms with Gasteiger partial charge in [-0.05, 0) is 53.8 Å². The smallest absolute Gasteiger partial charge is 0.163 e. The van der Waals surface area contributed by atoms with E-state index < -0.39 is 0 Å². The summed E-state index contributed by atoms with van der Waals surface area (Å²) >= 11 is 12.6. The highest BCUT2D eigenvalue weighted by molar-refractivity contribution is 6.31. The van der Waals surface area contributed by atoms with Crippen LogP contribution in [0.3, 0.4) is 0 Å². The second-order valence-electron chi connectivity index (χ2n) is 7.74. The molecule has 150 valence electrons. The first-order valence-corrected chi connectivity index (χ1v) is 10.7. The molecule has 0 radical (unpaired) electrons. The maximum Gasteiger partial charge on any atom is 0.163 e. The Labute approximate surface area is 185 Å². The summed E-state index contributed by atoms with van der Waals surface area (Å²) in [6.07, 6.45) is 1.21. The molecule has 1 aliphatic heterocycles. The van der Waals surface area contributed by atoms with Crippen molar-refractivity contribution in [2.45, 2.75) is 24.8 Å². The van der Waals surface area contributed by atoms with Gasteiger partial charge < -0.3 is 10.6 Å². The number of hydrogen-bond donors (Lipinski definition) is 2. The largest absolute Gasteiger partial charge is 0.372 e. The first-order valence-electron chi connectivity index (χ1n) is 9.99. The fraction of sp³-hybridized carbons (Fsp3) is 0.160. The second-order valence-corrected chi connectivity index (χ2v) is 8.59. The van der Waals surface area contributed by atoms with Gasteiger partial charge in [-0.15, -0.1) is 0 Å². The lowest BCUT2D eigenvalue weighted by atomic mass is 9.78. The van der Waals surface area contributed by atoms with E-state index in [1.807, 2.05) is 72.8 Å². The Morgan fingerprint density at radius 1 is 0.800 bits per heavy atom. The van der Waals surface area contributed by atoms with Crippen LogP contribution >= 0.6 is 23.2 Å². The van der Waals surface area contributed by atoms with Crippen LogP contribution in [0.15, 0.2) is 84.1 Å². The number of nitrogens with one attached hydrogen (secondary N) is 2. The van der Waals surface area contributed by atoms with Crippen LogP contribution < -0.4 is 10.6 Å². The number of carbonyl (C=O) groups excluding carboxylic acids is 1. The zero-order valence-corrected chi connectivity index (χ0v) is 17.7. The molecule has 3 aromatic rings. The standard InChI is InChI=1S/C25H20Cl2N2O/c26-17-11-9-15(10-12-17)16-13-22-24(23(30)14-16)25(18-5-1-2-6-19(18)27)29-21-8-4-3-7-20(21)28-22/h1-12,16,25,28-29H,13-14H2/t16-,25+/m1/s1. The zero-order chi connectivity index (χ0) is 20.7. The van der Waals surface area contributed by atoms with E-state index in [2.05, 4.69) is 10.6 Å². The summed E-state index contributed by atoms with van der Waals surface area (Å²) in [6.45, 7) is 0. The van der Waals surface area contributed by atoms with Gasteiger partial charge in [-0.25, -0.2) is 0 Å². The summed E-state index contributed by atoms with van der Waals surface area (Å²) < 4.78 is 0. The van der Waals surface area contributed by atoms with Gasteiger partial charge in [-0.3, -0.25) is 4.79 Å². The molecule has 0 saturated heterocycles. The number of allylic oxidation sites excluding steroid dienone is 1. The van der Waals surface area contributed by atoms with Crippen LogP contribution in [0.5, 0.6) is 0 Å². The van der Waals surface area contributed by atoms with Crippen molar-refractivity contribution in [3.05, 3.63) is 105 Å². The third kappa shape index (κ3) is 3.49. The topological polar surface area (TPSA) is 41.1 Å². The molecular weight excluding hydrogens is 415 g/mol. The van der Waals surface area contributed by atoms with Crippen molar-refractivity contribution in [2.24, 2.45) is 0 Å². The van der Waals surface area contributed by atoms with E-state index in [0.717, 1.165) is 40.2 Å². The van der Waals surface area contributed by atoms with Crippen molar-refractivity contribution in [1.29, 1.82) is 0 Å². The van der Waals surface area contributed by atoms with Crippen LogP contribution in [0.2, 0.25) is 10.0 Å². The zero-order valence-electron chi connectivity index (χ0n) is 16.2.